The minimum Gasteiger partial charge on any atom is -0.375 e. The fraction of sp³-hybridized carbons (Fsp3) is 0.188. The van der Waals surface area contributed by atoms with Gasteiger partial charge in [-0.1, -0.05) is 29.3 Å². The Morgan fingerprint density at radius 1 is 1.29 bits per heavy atom. The lowest BCUT2D eigenvalue weighted by atomic mass is 10.1. The molecule has 0 amide bonds. The van der Waals surface area contributed by atoms with Crippen LogP contribution in [0.3, 0.4) is 0 Å². The second-order valence-corrected chi connectivity index (χ2v) is 8.63. The lowest BCUT2D eigenvalue weighted by molar-refractivity contribution is 0.629. The first kappa shape index (κ1) is 17.6. The van der Waals surface area contributed by atoms with Gasteiger partial charge in [-0.3, -0.25) is 4.21 Å². The molecule has 8 heteroatoms. The number of aromatic nitrogens is 1. The van der Waals surface area contributed by atoms with Gasteiger partial charge in [-0.15, -0.1) is 11.3 Å². The van der Waals surface area contributed by atoms with Crippen LogP contribution in [0.5, 0.6) is 0 Å². The fourth-order valence-corrected chi connectivity index (χ4v) is 4.67. The Hall–Kier alpha value is -1.21. The summed E-state index contributed by atoms with van der Waals surface area (Å²) in [5.41, 5.74) is 1.75. The van der Waals surface area contributed by atoms with Gasteiger partial charge in [-0.2, -0.15) is 0 Å². The van der Waals surface area contributed by atoms with Crippen LogP contribution < -0.4 is 5.32 Å². The number of nitrogens with zero attached hydrogens (tertiary/aromatic N) is 1. The van der Waals surface area contributed by atoms with E-state index >= 15 is 0 Å². The van der Waals surface area contributed by atoms with Gasteiger partial charge in [-0.05, 0) is 36.8 Å². The number of fused-ring (bicyclic) bond motifs is 1. The van der Waals surface area contributed by atoms with Gasteiger partial charge in [0.1, 0.15) is 5.82 Å². The summed E-state index contributed by atoms with van der Waals surface area (Å²) in [4.78, 5) is 4.29. The number of hydrogen-bond donors (Lipinski definition) is 1. The lowest BCUT2D eigenvalue weighted by Gasteiger charge is -2.18. The third-order valence-corrected chi connectivity index (χ3v) is 6.51. The van der Waals surface area contributed by atoms with E-state index in [-0.39, 0.29) is 6.04 Å². The highest BCUT2D eigenvalue weighted by atomic mass is 35.5. The van der Waals surface area contributed by atoms with Gasteiger partial charge >= 0.3 is 0 Å². The van der Waals surface area contributed by atoms with Crippen molar-refractivity contribution < 1.29 is 8.60 Å². The van der Waals surface area contributed by atoms with Gasteiger partial charge in [0.15, 0.2) is 4.34 Å². The van der Waals surface area contributed by atoms with Crippen LogP contribution in [0.2, 0.25) is 10.0 Å². The predicted octanol–water partition coefficient (Wildman–Crippen LogP) is 5.65. The Labute approximate surface area is 155 Å². The van der Waals surface area contributed by atoms with Crippen molar-refractivity contribution >= 4 is 61.2 Å². The highest BCUT2D eigenvalue weighted by Crippen LogP contribution is 2.36. The van der Waals surface area contributed by atoms with E-state index < -0.39 is 16.6 Å². The number of thiazole rings is 1. The molecule has 3 aromatic rings. The molecule has 126 valence electrons. The highest BCUT2D eigenvalue weighted by molar-refractivity contribution is 7.86. The molecule has 1 aromatic heterocycles. The summed E-state index contributed by atoms with van der Waals surface area (Å²) >= 11 is 13.4. The zero-order valence-corrected chi connectivity index (χ0v) is 15.9. The Bertz CT molecular complexity index is 945. The average molecular weight is 403 g/mol. The summed E-state index contributed by atoms with van der Waals surface area (Å²) < 4.78 is 27.1. The second kappa shape index (κ2) is 6.96. The Morgan fingerprint density at radius 3 is 2.71 bits per heavy atom. The molecule has 0 radical (unpaired) electrons. The molecule has 24 heavy (non-hydrogen) atoms. The van der Waals surface area contributed by atoms with Crippen molar-refractivity contribution in [2.75, 3.05) is 11.6 Å². The number of benzene rings is 2. The molecule has 0 aliphatic carbocycles. The first-order valence-electron chi connectivity index (χ1n) is 7.00. The molecule has 1 N–H and O–H groups in total. The van der Waals surface area contributed by atoms with Crippen LogP contribution in [0.25, 0.3) is 10.2 Å². The molecule has 2 atom stereocenters. The van der Waals surface area contributed by atoms with Crippen molar-refractivity contribution in [2.45, 2.75) is 17.3 Å². The van der Waals surface area contributed by atoms with Gasteiger partial charge in [-0.25, -0.2) is 9.37 Å². The molecule has 0 saturated heterocycles. The summed E-state index contributed by atoms with van der Waals surface area (Å²) in [6.07, 6.45) is 1.55. The number of halogens is 3. The summed E-state index contributed by atoms with van der Waals surface area (Å²) in [6.45, 7) is 1.88. The maximum absolute atomic E-state index is 14.4. The van der Waals surface area contributed by atoms with Crippen LogP contribution >= 0.6 is 34.5 Å². The van der Waals surface area contributed by atoms with Gasteiger partial charge in [0.05, 0.1) is 32.7 Å². The zero-order chi connectivity index (χ0) is 17.4. The van der Waals surface area contributed by atoms with E-state index in [9.17, 15) is 8.60 Å². The molecule has 0 fully saturated rings. The Balaban J connectivity index is 2.02. The van der Waals surface area contributed by atoms with E-state index in [1.165, 1.54) is 17.4 Å². The molecule has 0 saturated carbocycles. The molecule has 1 heterocycles. The summed E-state index contributed by atoms with van der Waals surface area (Å²) in [6, 6.07) is 7.89. The molecule has 2 aromatic carbocycles. The summed E-state index contributed by atoms with van der Waals surface area (Å²) in [5.74, 6) is -0.392. The van der Waals surface area contributed by atoms with Gasteiger partial charge in [0.2, 0.25) is 0 Å². The van der Waals surface area contributed by atoms with Crippen molar-refractivity contribution in [3.63, 3.8) is 0 Å². The number of rotatable bonds is 4. The molecule has 0 aliphatic rings. The fourth-order valence-electron chi connectivity index (χ4n) is 2.35. The maximum atomic E-state index is 14.4. The largest absolute Gasteiger partial charge is 0.375 e. The third kappa shape index (κ3) is 3.42. The van der Waals surface area contributed by atoms with Crippen molar-refractivity contribution in [1.29, 1.82) is 0 Å². The molecular weight excluding hydrogens is 390 g/mol. The van der Waals surface area contributed by atoms with Crippen LogP contribution in [0.1, 0.15) is 18.5 Å². The van der Waals surface area contributed by atoms with E-state index in [0.717, 1.165) is 5.56 Å². The van der Waals surface area contributed by atoms with Crippen LogP contribution in [0.4, 0.5) is 10.1 Å². The van der Waals surface area contributed by atoms with Crippen molar-refractivity contribution in [3.8, 4) is 0 Å². The zero-order valence-electron chi connectivity index (χ0n) is 12.8. The molecule has 0 bridgehead atoms. The predicted molar refractivity (Wildman–Crippen MR) is 100 cm³/mol. The lowest BCUT2D eigenvalue weighted by Crippen LogP contribution is -2.08. The molecule has 0 aliphatic heterocycles. The van der Waals surface area contributed by atoms with Crippen molar-refractivity contribution in [1.82, 2.24) is 4.98 Å². The first-order chi connectivity index (χ1) is 11.4. The Morgan fingerprint density at radius 2 is 2.04 bits per heavy atom. The summed E-state index contributed by atoms with van der Waals surface area (Å²) in [5, 5.41) is 4.20. The SMILES string of the molecule is C[C@@H](Nc1c(F)ccc2nc(S(C)=O)sc12)c1ccc(Cl)cc1Cl. The standard InChI is InChI=1S/C16H13Cl2FN2OS2/c1-8(10-4-3-9(17)7-11(10)18)20-14-12(19)5-6-13-15(14)23-16(21-13)24(2)22/h3-8,20H,1-2H3/t8-,24?/m1/s1. The maximum Gasteiger partial charge on any atom is 0.181 e. The van der Waals surface area contributed by atoms with Crippen LogP contribution in [0.15, 0.2) is 34.7 Å². The van der Waals surface area contributed by atoms with Crippen molar-refractivity contribution in [3.05, 3.63) is 51.8 Å². The molecule has 0 spiro atoms. The topological polar surface area (TPSA) is 42.0 Å². The van der Waals surface area contributed by atoms with Gasteiger partial charge < -0.3 is 5.32 Å². The van der Waals surface area contributed by atoms with Gasteiger partial charge in [0.25, 0.3) is 0 Å². The highest BCUT2D eigenvalue weighted by Gasteiger charge is 2.18. The van der Waals surface area contributed by atoms with E-state index in [0.29, 0.717) is 30.3 Å². The third-order valence-electron chi connectivity index (χ3n) is 3.52. The Kier molecular flexibility index (Phi) is 5.11. The average Bonchev–Trinajstić information content (AvgIpc) is 2.94. The smallest absolute Gasteiger partial charge is 0.181 e. The van der Waals surface area contributed by atoms with Crippen molar-refractivity contribution in [2.24, 2.45) is 0 Å². The molecule has 3 nitrogen and oxygen atoms in total. The molecule has 3 rings (SSSR count). The van der Waals surface area contributed by atoms with E-state index in [4.69, 9.17) is 23.2 Å². The van der Waals surface area contributed by atoms with E-state index in [1.54, 1.807) is 30.5 Å². The van der Waals surface area contributed by atoms with Crippen LogP contribution in [-0.4, -0.2) is 15.4 Å². The minimum atomic E-state index is -1.21. The van der Waals surface area contributed by atoms with Gasteiger partial charge in [0, 0.05) is 16.3 Å². The van der Waals surface area contributed by atoms with Crippen LogP contribution in [-0.2, 0) is 10.8 Å². The van der Waals surface area contributed by atoms with E-state index in [1.807, 2.05) is 6.92 Å². The van der Waals surface area contributed by atoms with Crippen LogP contribution in [0, 0.1) is 5.82 Å². The minimum absolute atomic E-state index is 0.243. The number of nitrogens with one attached hydrogen (secondary N) is 1. The summed E-state index contributed by atoms with van der Waals surface area (Å²) in [7, 11) is -1.21. The number of hydrogen-bond acceptors (Lipinski definition) is 4. The normalized spacial score (nSPS) is 13.9. The molecular formula is C16H13Cl2FN2OS2. The van der Waals surface area contributed by atoms with E-state index in [2.05, 4.69) is 10.3 Å². The molecule has 1 unspecified atom stereocenters. The number of anilines is 1. The quantitative estimate of drug-likeness (QED) is 0.612. The monoisotopic (exact) mass is 402 g/mol. The first-order valence-corrected chi connectivity index (χ1v) is 10.1. The second-order valence-electron chi connectivity index (χ2n) is 5.24.